The Labute approximate surface area is 85.3 Å². The van der Waals surface area contributed by atoms with E-state index in [0.29, 0.717) is 0 Å². The minimum Gasteiger partial charge on any atom is -0.309 e. The highest BCUT2D eigenvalue weighted by molar-refractivity contribution is 7.54. The molecule has 0 heterocycles. The highest BCUT2D eigenvalue weighted by atomic mass is 31.2. The Morgan fingerprint density at radius 3 is 2.20 bits per heavy atom. The molecule has 90 valence electrons. The molecule has 0 aromatic rings. The van der Waals surface area contributed by atoms with Gasteiger partial charge in [0.15, 0.2) is 6.61 Å². The van der Waals surface area contributed by atoms with Crippen molar-refractivity contribution in [3.05, 3.63) is 0 Å². The van der Waals surface area contributed by atoms with Crippen molar-refractivity contribution in [1.82, 2.24) is 0 Å². The summed E-state index contributed by atoms with van der Waals surface area (Å²) in [5, 5.41) is 0. The second-order valence-corrected chi connectivity index (χ2v) is 4.83. The zero-order valence-corrected chi connectivity index (χ0v) is 9.23. The Bertz CT molecular complexity index is 263. The maximum absolute atomic E-state index is 11.8. The maximum Gasteiger partial charge on any atom is 0.412 e. The first kappa shape index (κ1) is 14.6. The van der Waals surface area contributed by atoms with Gasteiger partial charge in [0, 0.05) is 0 Å². The first-order valence-corrected chi connectivity index (χ1v) is 5.85. The zero-order chi connectivity index (χ0) is 12.1. The molecule has 4 nitrogen and oxygen atoms in total. The van der Waals surface area contributed by atoms with Crippen molar-refractivity contribution in [2.45, 2.75) is 20.0 Å². The number of carbonyl (C=O) groups is 1. The largest absolute Gasteiger partial charge is 0.412 e. The lowest BCUT2D eigenvalue weighted by Gasteiger charge is -2.17. The van der Waals surface area contributed by atoms with Crippen LogP contribution in [0.25, 0.3) is 0 Å². The van der Waals surface area contributed by atoms with E-state index in [0.717, 1.165) is 6.92 Å². The molecular formula is C7H12F3O4P. The molecule has 0 aromatic heterocycles. The lowest BCUT2D eigenvalue weighted by Crippen LogP contribution is -2.18. The van der Waals surface area contributed by atoms with Crippen LogP contribution in [0.1, 0.15) is 13.8 Å². The van der Waals surface area contributed by atoms with Gasteiger partial charge in [-0.05, 0) is 13.8 Å². The molecule has 8 heteroatoms. The van der Waals surface area contributed by atoms with Crippen LogP contribution in [0.4, 0.5) is 13.2 Å². The van der Waals surface area contributed by atoms with Crippen LogP contribution in [-0.2, 0) is 18.4 Å². The van der Waals surface area contributed by atoms with Crippen molar-refractivity contribution < 1.29 is 31.6 Å². The molecule has 0 aliphatic carbocycles. The third-order valence-electron chi connectivity index (χ3n) is 1.17. The smallest absolute Gasteiger partial charge is 0.309 e. The predicted molar refractivity (Wildman–Crippen MR) is 46.8 cm³/mol. The summed E-state index contributed by atoms with van der Waals surface area (Å²) in [5.74, 6) is -0.547. The SMILES string of the molecule is CCOP(=O)(CC(C)=O)OCC(F)(F)F. The van der Waals surface area contributed by atoms with Crippen LogP contribution >= 0.6 is 7.60 Å². The van der Waals surface area contributed by atoms with Crippen LogP contribution in [0.5, 0.6) is 0 Å². The van der Waals surface area contributed by atoms with Gasteiger partial charge in [-0.3, -0.25) is 13.9 Å². The molecule has 0 N–H and O–H groups in total. The van der Waals surface area contributed by atoms with Gasteiger partial charge >= 0.3 is 13.8 Å². The van der Waals surface area contributed by atoms with Crippen LogP contribution in [0.15, 0.2) is 0 Å². The summed E-state index contributed by atoms with van der Waals surface area (Å²) in [6.07, 6.45) is -5.24. The summed E-state index contributed by atoms with van der Waals surface area (Å²) in [5.41, 5.74) is 0. The van der Waals surface area contributed by atoms with E-state index in [2.05, 4.69) is 9.05 Å². The number of rotatable bonds is 6. The topological polar surface area (TPSA) is 52.6 Å². The van der Waals surface area contributed by atoms with E-state index in [9.17, 15) is 22.5 Å². The summed E-state index contributed by atoms with van der Waals surface area (Å²) in [6, 6.07) is 0. The number of halogens is 3. The first-order valence-electron chi connectivity index (χ1n) is 4.13. The van der Waals surface area contributed by atoms with E-state index in [1.165, 1.54) is 6.92 Å². The maximum atomic E-state index is 11.8. The highest BCUT2D eigenvalue weighted by Crippen LogP contribution is 2.48. The molecule has 0 aliphatic rings. The quantitative estimate of drug-likeness (QED) is 0.677. The van der Waals surface area contributed by atoms with E-state index in [1.54, 1.807) is 0 Å². The molecule has 15 heavy (non-hydrogen) atoms. The second-order valence-electron chi connectivity index (χ2n) is 2.78. The van der Waals surface area contributed by atoms with Gasteiger partial charge in [-0.1, -0.05) is 0 Å². The summed E-state index contributed by atoms with van der Waals surface area (Å²) < 4.78 is 55.5. The van der Waals surface area contributed by atoms with Crippen molar-refractivity contribution >= 4 is 13.4 Å². The number of Topliss-reactive ketones (excluding diaryl/α,β-unsaturated/α-hetero) is 1. The van der Waals surface area contributed by atoms with Crippen LogP contribution in [0.2, 0.25) is 0 Å². The number of hydrogen-bond donors (Lipinski definition) is 0. The Morgan fingerprint density at radius 1 is 1.33 bits per heavy atom. The molecule has 0 bridgehead atoms. The molecular weight excluding hydrogens is 236 g/mol. The monoisotopic (exact) mass is 248 g/mol. The highest BCUT2D eigenvalue weighted by Gasteiger charge is 2.35. The number of alkyl halides is 3. The molecule has 0 rings (SSSR count). The third-order valence-corrected chi connectivity index (χ3v) is 3.17. The van der Waals surface area contributed by atoms with Gasteiger partial charge in [0.2, 0.25) is 0 Å². The van der Waals surface area contributed by atoms with Gasteiger partial charge in [0.25, 0.3) is 0 Å². The van der Waals surface area contributed by atoms with E-state index in [1.807, 2.05) is 0 Å². The Hall–Kier alpha value is -0.390. The van der Waals surface area contributed by atoms with Gasteiger partial charge in [-0.25, -0.2) is 0 Å². The Morgan fingerprint density at radius 2 is 1.87 bits per heavy atom. The zero-order valence-electron chi connectivity index (χ0n) is 8.34. The lowest BCUT2D eigenvalue weighted by atomic mass is 10.5. The van der Waals surface area contributed by atoms with Crippen molar-refractivity contribution in [2.24, 2.45) is 0 Å². The fourth-order valence-corrected chi connectivity index (χ4v) is 2.31. The summed E-state index contributed by atoms with van der Waals surface area (Å²) >= 11 is 0. The van der Waals surface area contributed by atoms with Gasteiger partial charge < -0.3 is 4.52 Å². The van der Waals surface area contributed by atoms with E-state index in [4.69, 9.17) is 0 Å². The van der Waals surface area contributed by atoms with Crippen molar-refractivity contribution in [1.29, 1.82) is 0 Å². The van der Waals surface area contributed by atoms with Crippen molar-refractivity contribution in [3.8, 4) is 0 Å². The summed E-state index contributed by atoms with van der Waals surface area (Å²) in [6.45, 7) is 0.784. The van der Waals surface area contributed by atoms with Gasteiger partial charge in [0.1, 0.15) is 11.9 Å². The predicted octanol–water partition coefficient (Wildman–Crippen LogP) is 2.38. The Balaban J connectivity index is 4.38. The lowest BCUT2D eigenvalue weighted by molar-refractivity contribution is -0.155. The van der Waals surface area contributed by atoms with E-state index >= 15 is 0 Å². The molecule has 0 aliphatic heterocycles. The van der Waals surface area contributed by atoms with Crippen LogP contribution in [0, 0.1) is 0 Å². The number of ketones is 1. The molecule has 0 fully saturated rings. The second kappa shape index (κ2) is 5.63. The fourth-order valence-electron chi connectivity index (χ4n) is 0.769. The third kappa shape index (κ3) is 7.53. The molecule has 0 aromatic carbocycles. The molecule has 0 saturated carbocycles. The van der Waals surface area contributed by atoms with E-state index < -0.39 is 32.3 Å². The van der Waals surface area contributed by atoms with Crippen LogP contribution in [-0.4, -0.2) is 31.3 Å². The minimum atomic E-state index is -4.59. The average molecular weight is 248 g/mol. The van der Waals surface area contributed by atoms with Crippen LogP contribution in [0.3, 0.4) is 0 Å². The molecule has 0 amide bonds. The Kier molecular flexibility index (Phi) is 5.48. The van der Waals surface area contributed by atoms with Crippen molar-refractivity contribution in [2.75, 3.05) is 19.4 Å². The number of carbonyl (C=O) groups excluding carboxylic acids is 1. The minimum absolute atomic E-state index is 0.0809. The summed E-state index contributed by atoms with van der Waals surface area (Å²) in [4.78, 5) is 10.6. The molecule has 0 spiro atoms. The normalized spacial score (nSPS) is 16.1. The molecule has 1 atom stereocenters. The van der Waals surface area contributed by atoms with Crippen molar-refractivity contribution in [3.63, 3.8) is 0 Å². The summed E-state index contributed by atoms with van der Waals surface area (Å²) in [7, 11) is -3.94. The molecule has 1 unspecified atom stereocenters. The number of hydrogen-bond acceptors (Lipinski definition) is 4. The van der Waals surface area contributed by atoms with Gasteiger partial charge in [-0.15, -0.1) is 0 Å². The molecule has 0 saturated heterocycles. The van der Waals surface area contributed by atoms with Gasteiger partial charge in [0.05, 0.1) is 6.61 Å². The van der Waals surface area contributed by atoms with Gasteiger partial charge in [-0.2, -0.15) is 13.2 Å². The average Bonchev–Trinajstić information content (AvgIpc) is 1.99. The standard InChI is InChI=1S/C7H12F3O4P/c1-3-13-15(12,4-6(2)11)14-5-7(8,9)10/h3-5H2,1-2H3. The fraction of sp³-hybridized carbons (Fsp3) is 0.857. The van der Waals surface area contributed by atoms with E-state index in [-0.39, 0.29) is 6.61 Å². The van der Waals surface area contributed by atoms with Crippen LogP contribution < -0.4 is 0 Å². The molecule has 0 radical (unpaired) electrons. The first-order chi connectivity index (χ1) is 6.68.